The summed E-state index contributed by atoms with van der Waals surface area (Å²) in [6.07, 6.45) is 0. The number of rotatable bonds is 5. The normalized spacial score (nSPS) is 11.0. The van der Waals surface area contributed by atoms with Crippen LogP contribution in [0, 0.1) is 0 Å². The third-order valence-electron chi connectivity index (χ3n) is 3.22. The lowest BCUT2D eigenvalue weighted by Crippen LogP contribution is -2.42. The molecule has 1 amide bonds. The van der Waals surface area contributed by atoms with Crippen molar-refractivity contribution in [2.24, 2.45) is 0 Å². The number of phenolic OH excluding ortho intramolecular Hbond substituents is 1. The molecule has 0 unspecified atom stereocenters. The molecule has 0 fully saturated rings. The molecule has 0 saturated carbocycles. The first-order valence-electron chi connectivity index (χ1n) is 7.01. The van der Waals surface area contributed by atoms with Crippen LogP contribution in [0.2, 0.25) is 5.02 Å². The van der Waals surface area contributed by atoms with Crippen molar-refractivity contribution in [3.8, 4) is 11.5 Å². The van der Waals surface area contributed by atoms with E-state index in [2.05, 4.69) is 5.32 Å². The Morgan fingerprint density at radius 3 is 2.33 bits per heavy atom. The van der Waals surface area contributed by atoms with Gasteiger partial charge in [-0.25, -0.2) is 4.79 Å². The topological polar surface area (TPSA) is 95.9 Å². The maximum atomic E-state index is 12.4. The summed E-state index contributed by atoms with van der Waals surface area (Å²) in [4.78, 5) is 23.7. The number of carbonyl (C=O) groups is 2. The van der Waals surface area contributed by atoms with Gasteiger partial charge < -0.3 is 20.3 Å². The smallest absolute Gasteiger partial charge is 0.337 e. The van der Waals surface area contributed by atoms with E-state index in [-0.39, 0.29) is 17.0 Å². The number of carbonyl (C=O) groups excluding carboxylic acids is 1. The van der Waals surface area contributed by atoms with Gasteiger partial charge >= 0.3 is 5.97 Å². The molecule has 0 heterocycles. The average molecular weight is 350 g/mol. The molecular weight excluding hydrogens is 334 g/mol. The van der Waals surface area contributed by atoms with Crippen molar-refractivity contribution >= 4 is 29.2 Å². The molecule has 126 valence electrons. The maximum Gasteiger partial charge on any atom is 0.337 e. The molecule has 0 saturated heterocycles. The zero-order chi connectivity index (χ0) is 17.9. The molecule has 3 N–H and O–H groups in total. The Morgan fingerprint density at radius 1 is 1.12 bits per heavy atom. The van der Waals surface area contributed by atoms with Gasteiger partial charge in [0.05, 0.1) is 11.3 Å². The van der Waals surface area contributed by atoms with E-state index >= 15 is 0 Å². The van der Waals surface area contributed by atoms with Gasteiger partial charge in [0.1, 0.15) is 11.5 Å². The molecule has 0 atom stereocenters. The van der Waals surface area contributed by atoms with Gasteiger partial charge in [-0.05, 0) is 56.3 Å². The molecule has 24 heavy (non-hydrogen) atoms. The van der Waals surface area contributed by atoms with Crippen LogP contribution in [0.4, 0.5) is 5.69 Å². The Balaban J connectivity index is 2.19. The van der Waals surface area contributed by atoms with Gasteiger partial charge in [0, 0.05) is 5.02 Å². The maximum absolute atomic E-state index is 12.4. The number of hydrogen-bond acceptors (Lipinski definition) is 4. The van der Waals surface area contributed by atoms with E-state index in [1.807, 2.05) is 0 Å². The Morgan fingerprint density at radius 2 is 1.75 bits per heavy atom. The van der Waals surface area contributed by atoms with Crippen LogP contribution in [-0.4, -0.2) is 27.7 Å². The second kappa shape index (κ2) is 6.80. The molecule has 0 aliphatic rings. The lowest BCUT2D eigenvalue weighted by Gasteiger charge is -2.25. The number of aromatic hydroxyl groups is 1. The number of anilines is 1. The van der Waals surface area contributed by atoms with E-state index in [1.54, 1.807) is 38.1 Å². The van der Waals surface area contributed by atoms with Gasteiger partial charge in [-0.2, -0.15) is 0 Å². The molecule has 0 aliphatic heterocycles. The predicted octanol–water partition coefficient (Wildman–Crippen LogP) is 3.54. The van der Waals surface area contributed by atoms with Gasteiger partial charge in [-0.1, -0.05) is 11.6 Å². The van der Waals surface area contributed by atoms with Crippen LogP contribution in [0.5, 0.6) is 11.5 Å². The Bertz CT molecular complexity index is 771. The minimum atomic E-state index is -1.27. The standard InChI is InChI=1S/C17H16ClNO5/c1-17(2,24-12-6-3-10(18)4-7-12)16(23)19-14-8-5-11(20)9-13(14)15(21)22/h3-9,20H,1-2H3,(H,19,23)(H,21,22). The number of ether oxygens (including phenoxy) is 1. The van der Waals surface area contributed by atoms with Crippen LogP contribution in [0.3, 0.4) is 0 Å². The fraction of sp³-hybridized carbons (Fsp3) is 0.176. The SMILES string of the molecule is CC(C)(Oc1ccc(Cl)cc1)C(=O)Nc1ccc(O)cc1C(=O)O. The molecule has 7 heteroatoms. The Labute approximate surface area is 143 Å². The summed E-state index contributed by atoms with van der Waals surface area (Å²) < 4.78 is 5.65. The summed E-state index contributed by atoms with van der Waals surface area (Å²) in [5, 5.41) is 21.6. The fourth-order valence-electron chi connectivity index (χ4n) is 1.93. The number of carboxylic acid groups (broad SMARTS) is 1. The van der Waals surface area contributed by atoms with Gasteiger partial charge in [0.15, 0.2) is 5.60 Å². The van der Waals surface area contributed by atoms with Crippen molar-refractivity contribution in [2.45, 2.75) is 19.4 Å². The fourth-order valence-corrected chi connectivity index (χ4v) is 2.06. The Kier molecular flexibility index (Phi) is 4.99. The summed E-state index contributed by atoms with van der Waals surface area (Å²) in [6.45, 7) is 3.11. The van der Waals surface area contributed by atoms with Crippen molar-refractivity contribution in [1.82, 2.24) is 0 Å². The van der Waals surface area contributed by atoms with Crippen LogP contribution in [0.15, 0.2) is 42.5 Å². The number of hydrogen-bond donors (Lipinski definition) is 3. The third kappa shape index (κ3) is 4.17. The van der Waals surface area contributed by atoms with E-state index < -0.39 is 17.5 Å². The third-order valence-corrected chi connectivity index (χ3v) is 3.47. The number of nitrogens with one attached hydrogen (secondary N) is 1. The van der Waals surface area contributed by atoms with E-state index in [9.17, 15) is 14.7 Å². The van der Waals surface area contributed by atoms with Gasteiger partial charge in [0.25, 0.3) is 5.91 Å². The monoisotopic (exact) mass is 349 g/mol. The number of aromatic carboxylic acids is 1. The summed E-state index contributed by atoms with van der Waals surface area (Å²) in [5.41, 5.74) is -1.41. The van der Waals surface area contributed by atoms with E-state index in [0.717, 1.165) is 6.07 Å². The summed E-state index contributed by atoms with van der Waals surface area (Å²) in [5.74, 6) is -1.56. The van der Waals surface area contributed by atoms with Crippen LogP contribution < -0.4 is 10.1 Å². The van der Waals surface area contributed by atoms with Crippen molar-refractivity contribution in [3.05, 3.63) is 53.1 Å². The molecular formula is C17H16ClNO5. The van der Waals surface area contributed by atoms with Gasteiger partial charge in [0.2, 0.25) is 0 Å². The first-order valence-corrected chi connectivity index (χ1v) is 7.39. The van der Waals surface area contributed by atoms with Crippen LogP contribution in [0.25, 0.3) is 0 Å². The molecule has 0 radical (unpaired) electrons. The van der Waals surface area contributed by atoms with Crippen molar-refractivity contribution in [2.75, 3.05) is 5.32 Å². The van der Waals surface area contributed by atoms with Gasteiger partial charge in [-0.3, -0.25) is 4.79 Å². The van der Waals surface area contributed by atoms with Crippen molar-refractivity contribution < 1.29 is 24.5 Å². The summed E-state index contributed by atoms with van der Waals surface area (Å²) in [7, 11) is 0. The molecule has 2 aromatic rings. The first-order chi connectivity index (χ1) is 11.2. The lowest BCUT2D eigenvalue weighted by molar-refractivity contribution is -0.128. The quantitative estimate of drug-likeness (QED) is 0.717. The van der Waals surface area contributed by atoms with E-state index in [0.29, 0.717) is 10.8 Å². The molecule has 2 aromatic carbocycles. The Hall–Kier alpha value is -2.73. The molecule has 0 aliphatic carbocycles. The number of amides is 1. The van der Waals surface area contributed by atoms with Crippen LogP contribution >= 0.6 is 11.6 Å². The molecule has 6 nitrogen and oxygen atoms in total. The van der Waals surface area contributed by atoms with E-state index in [4.69, 9.17) is 21.4 Å². The molecule has 0 aromatic heterocycles. The van der Waals surface area contributed by atoms with Crippen LogP contribution in [0.1, 0.15) is 24.2 Å². The first kappa shape index (κ1) is 17.6. The predicted molar refractivity (Wildman–Crippen MR) is 89.9 cm³/mol. The minimum absolute atomic E-state index is 0.0677. The number of benzene rings is 2. The minimum Gasteiger partial charge on any atom is -0.508 e. The molecule has 2 rings (SSSR count). The highest BCUT2D eigenvalue weighted by Crippen LogP contribution is 2.25. The second-order valence-electron chi connectivity index (χ2n) is 5.56. The summed E-state index contributed by atoms with van der Waals surface area (Å²) in [6, 6.07) is 10.2. The number of carboxylic acids is 1. The van der Waals surface area contributed by atoms with Crippen molar-refractivity contribution in [3.63, 3.8) is 0 Å². The number of halogens is 1. The van der Waals surface area contributed by atoms with Gasteiger partial charge in [-0.15, -0.1) is 0 Å². The van der Waals surface area contributed by atoms with E-state index in [1.165, 1.54) is 12.1 Å². The average Bonchev–Trinajstić information content (AvgIpc) is 2.50. The zero-order valence-electron chi connectivity index (χ0n) is 13.0. The molecule has 0 spiro atoms. The summed E-state index contributed by atoms with van der Waals surface area (Å²) >= 11 is 5.80. The number of phenols is 1. The van der Waals surface area contributed by atoms with Crippen molar-refractivity contribution in [1.29, 1.82) is 0 Å². The zero-order valence-corrected chi connectivity index (χ0v) is 13.8. The highest BCUT2D eigenvalue weighted by molar-refractivity contribution is 6.30. The highest BCUT2D eigenvalue weighted by atomic mass is 35.5. The highest BCUT2D eigenvalue weighted by Gasteiger charge is 2.31. The second-order valence-corrected chi connectivity index (χ2v) is 5.99. The molecule has 0 bridgehead atoms. The lowest BCUT2D eigenvalue weighted by atomic mass is 10.1. The largest absolute Gasteiger partial charge is 0.508 e. The van der Waals surface area contributed by atoms with Crippen LogP contribution in [-0.2, 0) is 4.79 Å².